The van der Waals surface area contributed by atoms with E-state index >= 15 is 0 Å². The molecule has 0 aromatic rings. The minimum Gasteiger partial charge on any atom is -0.469 e. The van der Waals surface area contributed by atoms with Crippen LogP contribution in [0.25, 0.3) is 0 Å². The minimum atomic E-state index is -0.140. The lowest BCUT2D eigenvalue weighted by Gasteiger charge is -2.22. The van der Waals surface area contributed by atoms with Gasteiger partial charge in [-0.15, -0.1) is 0 Å². The molecule has 2 N–H and O–H groups in total. The first kappa shape index (κ1) is 20.9. The fourth-order valence-electron chi connectivity index (χ4n) is 2.79. The number of rotatable bonds is 13. The fourth-order valence-corrected chi connectivity index (χ4v) is 2.79. The Bertz CT molecular complexity index is 344. The van der Waals surface area contributed by atoms with Crippen molar-refractivity contribution in [2.75, 3.05) is 33.4 Å². The maximum Gasteiger partial charge on any atom is 0.305 e. The third kappa shape index (κ3) is 11.4. The number of hydrogen-bond acceptors (Lipinski definition) is 5. The number of esters is 1. The third-order valence-electron chi connectivity index (χ3n) is 4.30. The first-order chi connectivity index (χ1) is 11.7. The van der Waals surface area contributed by atoms with Crippen LogP contribution in [0.1, 0.15) is 64.2 Å². The molecule has 0 radical (unpaired) electrons. The molecule has 1 saturated heterocycles. The van der Waals surface area contributed by atoms with E-state index in [0.717, 1.165) is 71.1 Å². The van der Waals surface area contributed by atoms with Gasteiger partial charge in [0, 0.05) is 26.0 Å². The molecule has 1 aliphatic rings. The predicted octanol–water partition coefficient (Wildman–Crippen LogP) is 2.16. The number of amides is 1. The highest BCUT2D eigenvalue weighted by molar-refractivity contribution is 5.75. The molecule has 24 heavy (non-hydrogen) atoms. The minimum absolute atomic E-state index is 0.131. The van der Waals surface area contributed by atoms with Gasteiger partial charge < -0.3 is 20.1 Å². The van der Waals surface area contributed by atoms with Crippen molar-refractivity contribution < 1.29 is 19.1 Å². The Balaban J connectivity index is 1.82. The lowest BCUT2D eigenvalue weighted by molar-refractivity contribution is -0.140. The molecule has 0 bridgehead atoms. The second kappa shape index (κ2) is 14.2. The Morgan fingerprint density at radius 1 is 1.00 bits per heavy atom. The number of piperidine rings is 1. The summed E-state index contributed by atoms with van der Waals surface area (Å²) in [7, 11) is 1.42. The second-order valence-electron chi connectivity index (χ2n) is 6.37. The Morgan fingerprint density at radius 2 is 1.67 bits per heavy atom. The van der Waals surface area contributed by atoms with Crippen LogP contribution in [0.3, 0.4) is 0 Å². The molecule has 1 amide bonds. The number of unbranched alkanes of at least 4 members (excludes halogenated alkanes) is 4. The monoisotopic (exact) mass is 342 g/mol. The van der Waals surface area contributed by atoms with E-state index in [-0.39, 0.29) is 11.9 Å². The highest BCUT2D eigenvalue weighted by atomic mass is 16.5. The maximum absolute atomic E-state index is 11.7. The number of methoxy groups -OCH3 is 1. The molecule has 1 fully saturated rings. The largest absolute Gasteiger partial charge is 0.469 e. The summed E-state index contributed by atoms with van der Waals surface area (Å²) in [5, 5.41) is 6.27. The van der Waals surface area contributed by atoms with Crippen LogP contribution in [0.15, 0.2) is 0 Å². The molecule has 0 spiro atoms. The van der Waals surface area contributed by atoms with Gasteiger partial charge in [-0.3, -0.25) is 9.59 Å². The lowest BCUT2D eigenvalue weighted by Crippen LogP contribution is -2.33. The number of ether oxygens (including phenoxy) is 2. The molecule has 0 aromatic carbocycles. The number of carbonyl (C=O) groups excluding carboxylic acids is 2. The van der Waals surface area contributed by atoms with E-state index < -0.39 is 0 Å². The SMILES string of the molecule is COC(=O)CCCCCCCC(=O)NCCCOC1CCNCC1. The summed E-state index contributed by atoms with van der Waals surface area (Å²) < 4.78 is 10.4. The normalized spacial score (nSPS) is 15.2. The van der Waals surface area contributed by atoms with Crippen molar-refractivity contribution in [1.29, 1.82) is 0 Å². The number of carbonyl (C=O) groups is 2. The van der Waals surface area contributed by atoms with Crippen molar-refractivity contribution in [3.05, 3.63) is 0 Å². The highest BCUT2D eigenvalue weighted by Crippen LogP contribution is 2.08. The van der Waals surface area contributed by atoms with Crippen LogP contribution in [0.2, 0.25) is 0 Å². The molecule has 140 valence electrons. The number of hydrogen-bond donors (Lipinski definition) is 2. The van der Waals surface area contributed by atoms with Crippen LogP contribution < -0.4 is 10.6 Å². The van der Waals surface area contributed by atoms with Crippen LogP contribution in [0.4, 0.5) is 0 Å². The quantitative estimate of drug-likeness (QED) is 0.396. The van der Waals surface area contributed by atoms with Crippen molar-refractivity contribution in [2.24, 2.45) is 0 Å². The van der Waals surface area contributed by atoms with E-state index in [2.05, 4.69) is 15.4 Å². The first-order valence-corrected chi connectivity index (χ1v) is 9.38. The van der Waals surface area contributed by atoms with Gasteiger partial charge >= 0.3 is 5.97 Å². The zero-order valence-electron chi connectivity index (χ0n) is 15.1. The summed E-state index contributed by atoms with van der Waals surface area (Å²) in [6.07, 6.45) is 9.43. The van der Waals surface area contributed by atoms with Crippen LogP contribution in [-0.2, 0) is 19.1 Å². The van der Waals surface area contributed by atoms with Gasteiger partial charge in [0.2, 0.25) is 5.91 Å². The van der Waals surface area contributed by atoms with Gasteiger partial charge in [-0.2, -0.15) is 0 Å². The molecular formula is C18H34N2O4. The van der Waals surface area contributed by atoms with Crippen molar-refractivity contribution in [2.45, 2.75) is 70.3 Å². The van der Waals surface area contributed by atoms with Crippen molar-refractivity contribution >= 4 is 11.9 Å². The Kier molecular flexibility index (Phi) is 12.4. The zero-order chi connectivity index (χ0) is 17.5. The van der Waals surface area contributed by atoms with Gasteiger partial charge in [0.05, 0.1) is 13.2 Å². The number of nitrogens with one attached hydrogen (secondary N) is 2. The van der Waals surface area contributed by atoms with E-state index in [0.29, 0.717) is 25.5 Å². The van der Waals surface area contributed by atoms with Gasteiger partial charge in [-0.25, -0.2) is 0 Å². The third-order valence-corrected chi connectivity index (χ3v) is 4.30. The molecule has 0 aliphatic carbocycles. The van der Waals surface area contributed by atoms with Crippen LogP contribution in [0.5, 0.6) is 0 Å². The van der Waals surface area contributed by atoms with Gasteiger partial charge in [0.1, 0.15) is 0 Å². The van der Waals surface area contributed by atoms with Gasteiger partial charge in [-0.05, 0) is 45.2 Å². The van der Waals surface area contributed by atoms with Crippen LogP contribution >= 0.6 is 0 Å². The van der Waals surface area contributed by atoms with Gasteiger partial charge in [0.15, 0.2) is 0 Å². The standard InChI is InChI=1S/C18H34N2O4/c1-23-18(22)9-6-4-2-3-5-8-17(21)20-12-7-15-24-16-10-13-19-14-11-16/h16,19H,2-15H2,1H3,(H,20,21). The molecule has 0 atom stereocenters. The molecule has 1 heterocycles. The summed E-state index contributed by atoms with van der Waals surface area (Å²) in [6.45, 7) is 3.52. The van der Waals surface area contributed by atoms with Gasteiger partial charge in [0.25, 0.3) is 0 Å². The van der Waals surface area contributed by atoms with E-state index in [1.54, 1.807) is 0 Å². The van der Waals surface area contributed by atoms with Crippen molar-refractivity contribution in [3.63, 3.8) is 0 Å². The molecule has 1 aliphatic heterocycles. The topological polar surface area (TPSA) is 76.7 Å². The Labute approximate surface area is 146 Å². The summed E-state index contributed by atoms with van der Waals surface area (Å²) in [5.74, 6) is -0.00932. The zero-order valence-corrected chi connectivity index (χ0v) is 15.1. The van der Waals surface area contributed by atoms with E-state index in [4.69, 9.17) is 4.74 Å². The average molecular weight is 342 g/mol. The Morgan fingerprint density at radius 3 is 2.38 bits per heavy atom. The fraction of sp³-hybridized carbons (Fsp3) is 0.889. The summed E-state index contributed by atoms with van der Waals surface area (Å²) in [4.78, 5) is 22.6. The smallest absolute Gasteiger partial charge is 0.305 e. The average Bonchev–Trinajstić information content (AvgIpc) is 2.61. The molecule has 0 aromatic heterocycles. The van der Waals surface area contributed by atoms with Crippen LogP contribution in [0, 0.1) is 0 Å². The van der Waals surface area contributed by atoms with E-state index in [1.165, 1.54) is 7.11 Å². The summed E-state index contributed by atoms with van der Waals surface area (Å²) in [5.41, 5.74) is 0. The predicted molar refractivity (Wildman–Crippen MR) is 93.8 cm³/mol. The molecule has 0 saturated carbocycles. The van der Waals surface area contributed by atoms with Crippen molar-refractivity contribution in [1.82, 2.24) is 10.6 Å². The molecule has 0 unspecified atom stereocenters. The molecular weight excluding hydrogens is 308 g/mol. The maximum atomic E-state index is 11.7. The van der Waals surface area contributed by atoms with Crippen LogP contribution in [-0.4, -0.2) is 51.3 Å². The lowest BCUT2D eigenvalue weighted by atomic mass is 10.1. The second-order valence-corrected chi connectivity index (χ2v) is 6.37. The first-order valence-electron chi connectivity index (χ1n) is 9.38. The molecule has 1 rings (SSSR count). The molecule has 6 heteroatoms. The Hall–Kier alpha value is -1.14. The summed E-state index contributed by atoms with van der Waals surface area (Å²) >= 11 is 0. The van der Waals surface area contributed by atoms with E-state index in [9.17, 15) is 9.59 Å². The summed E-state index contributed by atoms with van der Waals surface area (Å²) in [6, 6.07) is 0. The highest BCUT2D eigenvalue weighted by Gasteiger charge is 2.12. The molecule has 6 nitrogen and oxygen atoms in total. The van der Waals surface area contributed by atoms with E-state index in [1.807, 2.05) is 0 Å². The van der Waals surface area contributed by atoms with Gasteiger partial charge in [-0.1, -0.05) is 19.3 Å². The van der Waals surface area contributed by atoms with Crippen molar-refractivity contribution in [3.8, 4) is 0 Å².